The number of hydrogen-bond donors (Lipinski definition) is 2. The van der Waals surface area contributed by atoms with E-state index in [1.165, 1.54) is 12.5 Å². The molecule has 2 fully saturated rings. The van der Waals surface area contributed by atoms with E-state index in [0.717, 1.165) is 31.9 Å². The van der Waals surface area contributed by atoms with E-state index in [9.17, 15) is 14.4 Å². The Labute approximate surface area is 206 Å². The number of ether oxygens (including phenoxy) is 2. The number of nitrogens with zero attached hydrogens (tertiary/aromatic N) is 1. The van der Waals surface area contributed by atoms with Gasteiger partial charge >= 0.3 is 0 Å². The van der Waals surface area contributed by atoms with Crippen LogP contribution in [0, 0.1) is 0 Å². The van der Waals surface area contributed by atoms with Crippen LogP contribution < -0.4 is 15.4 Å². The molecule has 2 aliphatic heterocycles. The molecule has 2 atom stereocenters. The monoisotopic (exact) mass is 479 g/mol. The molecule has 4 rings (SSSR count). The SMILES string of the molecule is CC(=O)c1cccc(OCc2ccc(C(C)N3CCOCC3)cc2)c1CNC1CCC(=O)NC1=O. The van der Waals surface area contributed by atoms with Crippen molar-refractivity contribution in [3.63, 3.8) is 0 Å². The average Bonchev–Trinajstić information content (AvgIpc) is 2.87. The number of Topliss-reactive ketones (excluding diaryl/α,β-unsaturated/α-hetero) is 1. The highest BCUT2D eigenvalue weighted by Gasteiger charge is 2.27. The molecule has 0 saturated carbocycles. The zero-order valence-electron chi connectivity index (χ0n) is 20.3. The number of ketones is 1. The van der Waals surface area contributed by atoms with E-state index in [1.807, 2.05) is 6.07 Å². The molecule has 2 saturated heterocycles. The fourth-order valence-corrected chi connectivity index (χ4v) is 4.56. The molecule has 0 spiro atoms. The number of hydrogen-bond acceptors (Lipinski definition) is 7. The molecule has 2 aromatic rings. The smallest absolute Gasteiger partial charge is 0.243 e. The second-order valence-corrected chi connectivity index (χ2v) is 9.08. The molecule has 0 aromatic heterocycles. The predicted octanol–water partition coefficient (Wildman–Crippen LogP) is 2.76. The number of morpholine rings is 1. The summed E-state index contributed by atoms with van der Waals surface area (Å²) in [4.78, 5) is 38.2. The summed E-state index contributed by atoms with van der Waals surface area (Å²) in [5.41, 5.74) is 3.54. The molecular formula is C27H33N3O5. The summed E-state index contributed by atoms with van der Waals surface area (Å²) in [5.74, 6) is -0.0674. The van der Waals surface area contributed by atoms with E-state index < -0.39 is 6.04 Å². The minimum Gasteiger partial charge on any atom is -0.489 e. The van der Waals surface area contributed by atoms with Gasteiger partial charge in [0.2, 0.25) is 11.8 Å². The van der Waals surface area contributed by atoms with Gasteiger partial charge in [-0.1, -0.05) is 36.4 Å². The topological polar surface area (TPSA) is 97.0 Å². The van der Waals surface area contributed by atoms with Crippen LogP contribution in [0.25, 0.3) is 0 Å². The zero-order valence-corrected chi connectivity index (χ0v) is 20.3. The van der Waals surface area contributed by atoms with Crippen LogP contribution in [0.5, 0.6) is 5.75 Å². The van der Waals surface area contributed by atoms with Gasteiger partial charge in [-0.15, -0.1) is 0 Å². The molecule has 0 bridgehead atoms. The van der Waals surface area contributed by atoms with Crippen molar-refractivity contribution in [1.82, 2.24) is 15.5 Å². The van der Waals surface area contributed by atoms with E-state index >= 15 is 0 Å². The molecule has 0 radical (unpaired) electrons. The number of nitrogens with one attached hydrogen (secondary N) is 2. The Balaban J connectivity index is 1.42. The molecule has 2 N–H and O–H groups in total. The molecule has 35 heavy (non-hydrogen) atoms. The van der Waals surface area contributed by atoms with Crippen LogP contribution in [0.4, 0.5) is 0 Å². The average molecular weight is 480 g/mol. The second-order valence-electron chi connectivity index (χ2n) is 9.08. The lowest BCUT2D eigenvalue weighted by atomic mass is 10.0. The molecule has 2 unspecified atom stereocenters. The molecule has 0 aliphatic carbocycles. The standard InChI is InChI=1S/C27H33N3O5/c1-18(30-12-14-34-15-13-30)21-8-6-20(7-9-21)17-35-25-5-3-4-22(19(2)31)23(25)16-28-24-10-11-26(32)29-27(24)33/h3-9,18,24,28H,10-17H2,1-2H3,(H,29,32,33). The van der Waals surface area contributed by atoms with Crippen LogP contribution in [-0.2, 0) is 27.5 Å². The first-order valence-electron chi connectivity index (χ1n) is 12.2. The summed E-state index contributed by atoms with van der Waals surface area (Å²) in [5, 5.41) is 5.53. The van der Waals surface area contributed by atoms with Crippen LogP contribution in [0.15, 0.2) is 42.5 Å². The van der Waals surface area contributed by atoms with Gasteiger partial charge < -0.3 is 14.8 Å². The molecule has 8 heteroatoms. The number of carbonyl (C=O) groups is 3. The lowest BCUT2D eigenvalue weighted by Crippen LogP contribution is -2.50. The van der Waals surface area contributed by atoms with Crippen LogP contribution in [-0.4, -0.2) is 54.8 Å². The number of amides is 2. The summed E-state index contributed by atoms with van der Waals surface area (Å²) in [6.07, 6.45) is 0.722. The van der Waals surface area contributed by atoms with Gasteiger partial charge in [-0.25, -0.2) is 0 Å². The highest BCUT2D eigenvalue weighted by atomic mass is 16.5. The molecule has 2 aliphatic rings. The first-order chi connectivity index (χ1) is 16.9. The highest BCUT2D eigenvalue weighted by molar-refractivity contribution is 6.00. The third kappa shape index (κ3) is 6.33. The van der Waals surface area contributed by atoms with Crippen molar-refractivity contribution in [3.8, 4) is 5.75 Å². The zero-order chi connectivity index (χ0) is 24.8. The van der Waals surface area contributed by atoms with Gasteiger partial charge in [0.15, 0.2) is 5.78 Å². The fourth-order valence-electron chi connectivity index (χ4n) is 4.56. The molecular weight excluding hydrogens is 446 g/mol. The first kappa shape index (κ1) is 25.0. The molecule has 2 heterocycles. The Morgan fingerprint density at radius 2 is 1.91 bits per heavy atom. The van der Waals surface area contributed by atoms with Gasteiger partial charge in [0, 0.05) is 43.2 Å². The maximum atomic E-state index is 12.3. The summed E-state index contributed by atoms with van der Waals surface area (Å²) >= 11 is 0. The Morgan fingerprint density at radius 1 is 1.17 bits per heavy atom. The Hall–Kier alpha value is -3.07. The van der Waals surface area contributed by atoms with Gasteiger partial charge in [0.1, 0.15) is 12.4 Å². The van der Waals surface area contributed by atoms with Crippen molar-refractivity contribution >= 4 is 17.6 Å². The van der Waals surface area contributed by atoms with Gasteiger partial charge in [-0.2, -0.15) is 0 Å². The summed E-state index contributed by atoms with van der Waals surface area (Å²) in [7, 11) is 0. The first-order valence-corrected chi connectivity index (χ1v) is 12.2. The van der Waals surface area contributed by atoms with Gasteiger partial charge in [-0.3, -0.25) is 24.6 Å². The van der Waals surface area contributed by atoms with Crippen molar-refractivity contribution in [2.45, 2.75) is 51.9 Å². The van der Waals surface area contributed by atoms with Crippen LogP contribution in [0.3, 0.4) is 0 Å². The van der Waals surface area contributed by atoms with Crippen molar-refractivity contribution in [3.05, 3.63) is 64.7 Å². The van der Waals surface area contributed by atoms with Crippen molar-refractivity contribution in [2.24, 2.45) is 0 Å². The Kier molecular flexibility index (Phi) is 8.28. The second kappa shape index (κ2) is 11.6. The maximum Gasteiger partial charge on any atom is 0.243 e. The third-order valence-electron chi connectivity index (χ3n) is 6.73. The van der Waals surface area contributed by atoms with Crippen LogP contribution in [0.2, 0.25) is 0 Å². The Bertz CT molecular complexity index is 1060. The van der Waals surface area contributed by atoms with E-state index in [4.69, 9.17) is 9.47 Å². The van der Waals surface area contributed by atoms with E-state index in [0.29, 0.717) is 42.4 Å². The minimum atomic E-state index is -0.485. The van der Waals surface area contributed by atoms with E-state index in [2.05, 4.69) is 46.7 Å². The molecule has 8 nitrogen and oxygen atoms in total. The lowest BCUT2D eigenvalue weighted by molar-refractivity contribution is -0.134. The minimum absolute atomic E-state index is 0.0722. The highest BCUT2D eigenvalue weighted by Crippen LogP contribution is 2.26. The van der Waals surface area contributed by atoms with Crippen molar-refractivity contribution in [2.75, 3.05) is 26.3 Å². The summed E-state index contributed by atoms with van der Waals surface area (Å²) < 4.78 is 11.6. The Morgan fingerprint density at radius 3 is 2.60 bits per heavy atom. The van der Waals surface area contributed by atoms with E-state index in [-0.39, 0.29) is 24.1 Å². The van der Waals surface area contributed by atoms with Crippen LogP contribution >= 0.6 is 0 Å². The number of carbonyl (C=O) groups excluding carboxylic acids is 3. The maximum absolute atomic E-state index is 12.3. The van der Waals surface area contributed by atoms with Gasteiger partial charge in [-0.05, 0) is 37.5 Å². The largest absolute Gasteiger partial charge is 0.489 e. The molecule has 2 amide bonds. The van der Waals surface area contributed by atoms with Gasteiger partial charge in [0.05, 0.1) is 19.3 Å². The number of rotatable bonds is 9. The van der Waals surface area contributed by atoms with Gasteiger partial charge in [0.25, 0.3) is 0 Å². The molecule has 186 valence electrons. The summed E-state index contributed by atoms with van der Waals surface area (Å²) in [6.45, 7) is 7.80. The lowest BCUT2D eigenvalue weighted by Gasteiger charge is -2.32. The fraction of sp³-hybridized carbons (Fsp3) is 0.444. The predicted molar refractivity (Wildman–Crippen MR) is 131 cm³/mol. The van der Waals surface area contributed by atoms with Crippen molar-refractivity contribution in [1.29, 1.82) is 0 Å². The quantitative estimate of drug-likeness (QED) is 0.422. The van der Waals surface area contributed by atoms with Crippen LogP contribution in [0.1, 0.15) is 59.8 Å². The third-order valence-corrected chi connectivity index (χ3v) is 6.73. The number of benzene rings is 2. The van der Waals surface area contributed by atoms with Crippen molar-refractivity contribution < 1.29 is 23.9 Å². The van der Waals surface area contributed by atoms with E-state index in [1.54, 1.807) is 12.1 Å². The molecule has 2 aromatic carbocycles. The number of imide groups is 1. The normalized spacial score (nSPS) is 19.8. The summed E-state index contributed by atoms with van der Waals surface area (Å²) in [6, 6.07) is 13.7. The number of piperidine rings is 1.